The molecule has 17 heavy (non-hydrogen) atoms. The molecule has 0 aliphatic heterocycles. The second-order valence-electron chi connectivity index (χ2n) is 2.91. The predicted octanol–water partition coefficient (Wildman–Crippen LogP) is 1.27. The van der Waals surface area contributed by atoms with Gasteiger partial charge in [0.15, 0.2) is 0 Å². The van der Waals surface area contributed by atoms with Gasteiger partial charge in [0.2, 0.25) is 0 Å². The van der Waals surface area contributed by atoms with Crippen LogP contribution in [-0.4, -0.2) is 30.3 Å². The zero-order valence-corrected chi connectivity index (χ0v) is 8.75. The normalized spacial score (nSPS) is 9.41. The highest BCUT2D eigenvalue weighted by Gasteiger charge is 2.03. The Bertz CT molecular complexity index is 474. The van der Waals surface area contributed by atoms with Gasteiger partial charge in [-0.1, -0.05) is 5.16 Å². The van der Waals surface area contributed by atoms with E-state index in [0.29, 0.717) is 0 Å². The Balaban J connectivity index is 0.000000181. The van der Waals surface area contributed by atoms with Gasteiger partial charge in [0.25, 0.3) is 0 Å². The van der Waals surface area contributed by atoms with Crippen molar-refractivity contribution < 1.29 is 9.32 Å². The SMILES string of the molecule is O=C(n1ccnc1)n1ccnc1.c1cnoc1. The van der Waals surface area contributed by atoms with Crippen LogP contribution in [0.25, 0.3) is 0 Å². The van der Waals surface area contributed by atoms with Gasteiger partial charge in [-0.3, -0.25) is 9.13 Å². The van der Waals surface area contributed by atoms with Crippen LogP contribution in [0.4, 0.5) is 4.79 Å². The van der Waals surface area contributed by atoms with E-state index in [1.165, 1.54) is 28.1 Å². The van der Waals surface area contributed by atoms with Crippen LogP contribution < -0.4 is 0 Å². The first-order chi connectivity index (χ1) is 8.38. The molecule has 3 aromatic rings. The quantitative estimate of drug-likeness (QED) is 0.582. The highest BCUT2D eigenvalue weighted by molar-refractivity contribution is 5.78. The highest BCUT2D eigenvalue weighted by atomic mass is 16.5. The molecule has 0 aliphatic carbocycles. The van der Waals surface area contributed by atoms with Crippen LogP contribution in [0.2, 0.25) is 0 Å². The summed E-state index contributed by atoms with van der Waals surface area (Å²) in [6.45, 7) is 0. The molecule has 0 fully saturated rings. The molecule has 0 aliphatic rings. The monoisotopic (exact) mass is 231 g/mol. The van der Waals surface area contributed by atoms with Gasteiger partial charge in [-0.2, -0.15) is 0 Å². The van der Waals surface area contributed by atoms with Crippen molar-refractivity contribution in [2.45, 2.75) is 0 Å². The lowest BCUT2D eigenvalue weighted by Crippen LogP contribution is -2.15. The molecule has 0 amide bonds. The summed E-state index contributed by atoms with van der Waals surface area (Å²) in [4.78, 5) is 18.9. The number of hydrogen-bond acceptors (Lipinski definition) is 5. The summed E-state index contributed by atoms with van der Waals surface area (Å²) >= 11 is 0. The molecule has 3 heterocycles. The number of carbonyl (C=O) groups excluding carboxylic acids is 1. The molecule has 7 heteroatoms. The minimum absolute atomic E-state index is 0.190. The zero-order valence-electron chi connectivity index (χ0n) is 8.75. The Labute approximate surface area is 96.3 Å². The topological polar surface area (TPSA) is 78.7 Å². The van der Waals surface area contributed by atoms with Crippen LogP contribution in [0, 0.1) is 0 Å². The lowest BCUT2D eigenvalue weighted by atomic mass is 10.8. The van der Waals surface area contributed by atoms with E-state index in [9.17, 15) is 4.79 Å². The summed E-state index contributed by atoms with van der Waals surface area (Å²) < 4.78 is 7.09. The second-order valence-corrected chi connectivity index (χ2v) is 2.91. The summed E-state index contributed by atoms with van der Waals surface area (Å²) in [6.07, 6.45) is 12.3. The standard InChI is InChI=1S/C7H6N4O.C3H3NO/c12-7(10-3-1-8-5-10)11-4-2-9-6-11;1-2-4-5-3-1/h1-6H;1-3H. The molecular weight excluding hydrogens is 222 g/mol. The van der Waals surface area contributed by atoms with E-state index in [0.717, 1.165) is 0 Å². The minimum Gasteiger partial charge on any atom is -0.365 e. The maximum Gasteiger partial charge on any atom is 0.338 e. The minimum atomic E-state index is -0.190. The third-order valence-corrected chi connectivity index (χ3v) is 1.80. The van der Waals surface area contributed by atoms with Crippen molar-refractivity contribution in [3.8, 4) is 0 Å². The Morgan fingerprint density at radius 3 is 1.94 bits per heavy atom. The van der Waals surface area contributed by atoms with Gasteiger partial charge in [0.05, 0.1) is 6.20 Å². The fraction of sp³-hybridized carbons (Fsp3) is 0. The van der Waals surface area contributed by atoms with E-state index < -0.39 is 0 Å². The van der Waals surface area contributed by atoms with Crippen molar-refractivity contribution >= 4 is 6.03 Å². The largest absolute Gasteiger partial charge is 0.365 e. The van der Waals surface area contributed by atoms with Gasteiger partial charge in [-0.15, -0.1) is 0 Å². The Kier molecular flexibility index (Phi) is 3.43. The zero-order chi connectivity index (χ0) is 11.9. The maximum absolute atomic E-state index is 11.4. The van der Waals surface area contributed by atoms with Gasteiger partial charge < -0.3 is 4.52 Å². The van der Waals surface area contributed by atoms with Crippen LogP contribution in [0.1, 0.15) is 0 Å². The second kappa shape index (κ2) is 5.40. The number of hydrogen-bond donors (Lipinski definition) is 0. The smallest absolute Gasteiger partial charge is 0.338 e. The van der Waals surface area contributed by atoms with Crippen LogP contribution >= 0.6 is 0 Å². The van der Waals surface area contributed by atoms with Crippen molar-refractivity contribution in [3.05, 3.63) is 56.0 Å². The Morgan fingerprint density at radius 1 is 1.00 bits per heavy atom. The number of carbonyl (C=O) groups is 1. The summed E-state index contributed by atoms with van der Waals surface area (Å²) in [7, 11) is 0. The maximum atomic E-state index is 11.4. The van der Waals surface area contributed by atoms with Gasteiger partial charge in [-0.05, 0) is 6.07 Å². The van der Waals surface area contributed by atoms with Crippen LogP contribution in [0.15, 0.2) is 60.5 Å². The van der Waals surface area contributed by atoms with Crippen molar-refractivity contribution in [1.82, 2.24) is 24.3 Å². The number of nitrogens with zero attached hydrogens (tertiary/aromatic N) is 5. The van der Waals surface area contributed by atoms with Crippen molar-refractivity contribution in [1.29, 1.82) is 0 Å². The van der Waals surface area contributed by atoms with Crippen molar-refractivity contribution in [2.75, 3.05) is 0 Å². The number of rotatable bonds is 0. The predicted molar refractivity (Wildman–Crippen MR) is 57.1 cm³/mol. The summed E-state index contributed by atoms with van der Waals surface area (Å²) in [5, 5.41) is 3.35. The molecule has 7 nitrogen and oxygen atoms in total. The first-order valence-electron chi connectivity index (χ1n) is 4.73. The fourth-order valence-corrected chi connectivity index (χ4v) is 1.05. The van der Waals surface area contributed by atoms with Gasteiger partial charge in [-0.25, -0.2) is 14.8 Å². The van der Waals surface area contributed by atoms with Crippen LogP contribution in [0.3, 0.4) is 0 Å². The van der Waals surface area contributed by atoms with Gasteiger partial charge >= 0.3 is 6.03 Å². The molecule has 3 rings (SSSR count). The molecule has 0 bridgehead atoms. The highest BCUT2D eigenvalue weighted by Crippen LogP contribution is 1.92. The van der Waals surface area contributed by atoms with E-state index in [1.807, 2.05) is 0 Å². The molecule has 86 valence electrons. The van der Waals surface area contributed by atoms with Gasteiger partial charge in [0.1, 0.15) is 18.9 Å². The Morgan fingerprint density at radius 2 is 1.65 bits per heavy atom. The summed E-state index contributed by atoms with van der Waals surface area (Å²) in [6, 6.07) is 1.53. The first kappa shape index (κ1) is 10.8. The third-order valence-electron chi connectivity index (χ3n) is 1.80. The molecule has 0 radical (unpaired) electrons. The Hall–Kier alpha value is -2.70. The van der Waals surface area contributed by atoms with Crippen molar-refractivity contribution in [3.63, 3.8) is 0 Å². The number of aromatic nitrogens is 5. The molecule has 0 N–H and O–H groups in total. The molecule has 0 saturated heterocycles. The first-order valence-corrected chi connectivity index (χ1v) is 4.73. The van der Waals surface area contributed by atoms with E-state index in [1.54, 1.807) is 37.1 Å². The van der Waals surface area contributed by atoms with E-state index >= 15 is 0 Å². The molecule has 0 unspecified atom stereocenters. The van der Waals surface area contributed by atoms with Gasteiger partial charge in [0, 0.05) is 24.8 Å². The van der Waals surface area contributed by atoms with E-state index in [4.69, 9.17) is 0 Å². The lowest BCUT2D eigenvalue weighted by molar-refractivity contribution is 0.244. The molecule has 3 aromatic heterocycles. The molecule has 0 atom stereocenters. The average Bonchev–Trinajstić information content (AvgIpc) is 3.11. The average molecular weight is 231 g/mol. The fourth-order valence-electron chi connectivity index (χ4n) is 1.05. The molecule has 0 spiro atoms. The number of imidazole rings is 2. The third kappa shape index (κ3) is 2.88. The van der Waals surface area contributed by atoms with Crippen LogP contribution in [0.5, 0.6) is 0 Å². The summed E-state index contributed by atoms with van der Waals surface area (Å²) in [5.74, 6) is 0. The van der Waals surface area contributed by atoms with E-state index in [-0.39, 0.29) is 6.03 Å². The van der Waals surface area contributed by atoms with E-state index in [2.05, 4.69) is 19.6 Å². The van der Waals surface area contributed by atoms with Crippen molar-refractivity contribution in [2.24, 2.45) is 0 Å². The van der Waals surface area contributed by atoms with Crippen LogP contribution in [-0.2, 0) is 0 Å². The molecule has 0 aromatic carbocycles. The summed E-state index contributed by atoms with van der Waals surface area (Å²) in [5.41, 5.74) is 0. The molecule has 0 saturated carbocycles. The molecular formula is C10H9N5O2. The lowest BCUT2D eigenvalue weighted by Gasteiger charge is -1.98.